The second-order valence-electron chi connectivity index (χ2n) is 8.20. The van der Waals surface area contributed by atoms with Gasteiger partial charge >= 0.3 is 0 Å². The van der Waals surface area contributed by atoms with Gasteiger partial charge in [0.15, 0.2) is 0 Å². The summed E-state index contributed by atoms with van der Waals surface area (Å²) in [6.45, 7) is 7.61. The van der Waals surface area contributed by atoms with Crippen LogP contribution in [0, 0.1) is 11.7 Å². The van der Waals surface area contributed by atoms with Crippen molar-refractivity contribution in [2.24, 2.45) is 5.92 Å². The maximum Gasteiger partial charge on any atom is 0.243 e. The number of carbonyl (C=O) groups is 1. The van der Waals surface area contributed by atoms with E-state index in [1.807, 2.05) is 4.90 Å². The SMILES string of the molecule is CC(C)N1CCN(C(=O)[C@H]2CC[C@@H](NS(=O)(=O)c3ccc(Cl)cc3F)CC2)CC1. The maximum atomic E-state index is 14.0. The molecular formula is C20H29ClFN3O3S. The molecular weight excluding hydrogens is 417 g/mol. The molecule has 0 unspecified atom stereocenters. The van der Waals surface area contributed by atoms with Crippen molar-refractivity contribution in [3.8, 4) is 0 Å². The topological polar surface area (TPSA) is 69.7 Å². The van der Waals surface area contributed by atoms with Crippen molar-refractivity contribution in [1.82, 2.24) is 14.5 Å². The van der Waals surface area contributed by atoms with Crippen LogP contribution in [0.4, 0.5) is 4.39 Å². The molecule has 1 aliphatic heterocycles. The molecule has 162 valence electrons. The molecule has 3 rings (SSSR count). The molecule has 1 aromatic carbocycles. The van der Waals surface area contributed by atoms with Crippen molar-refractivity contribution in [2.75, 3.05) is 26.2 Å². The van der Waals surface area contributed by atoms with Crippen LogP contribution >= 0.6 is 11.6 Å². The Bertz CT molecular complexity index is 833. The van der Waals surface area contributed by atoms with Crippen LogP contribution < -0.4 is 4.72 Å². The van der Waals surface area contributed by atoms with E-state index in [-0.39, 0.29) is 22.9 Å². The average Bonchev–Trinajstić information content (AvgIpc) is 2.67. The fraction of sp³-hybridized carbons (Fsp3) is 0.650. The van der Waals surface area contributed by atoms with E-state index in [0.29, 0.717) is 31.7 Å². The van der Waals surface area contributed by atoms with Gasteiger partial charge in [0.2, 0.25) is 15.9 Å². The van der Waals surface area contributed by atoms with Gasteiger partial charge < -0.3 is 4.90 Å². The molecule has 29 heavy (non-hydrogen) atoms. The summed E-state index contributed by atoms with van der Waals surface area (Å²) in [6.07, 6.45) is 2.41. The highest BCUT2D eigenvalue weighted by molar-refractivity contribution is 7.89. The van der Waals surface area contributed by atoms with E-state index in [1.165, 1.54) is 12.1 Å². The zero-order valence-corrected chi connectivity index (χ0v) is 18.5. The number of nitrogens with one attached hydrogen (secondary N) is 1. The smallest absolute Gasteiger partial charge is 0.243 e. The van der Waals surface area contributed by atoms with Gasteiger partial charge in [-0.1, -0.05) is 11.6 Å². The van der Waals surface area contributed by atoms with Crippen LogP contribution in [-0.4, -0.2) is 62.4 Å². The monoisotopic (exact) mass is 445 g/mol. The third kappa shape index (κ3) is 5.48. The summed E-state index contributed by atoms with van der Waals surface area (Å²) in [7, 11) is -3.96. The molecule has 0 spiro atoms. The molecule has 0 radical (unpaired) electrons. The minimum Gasteiger partial charge on any atom is -0.340 e. The minimum atomic E-state index is -3.96. The van der Waals surface area contributed by atoms with Crippen molar-refractivity contribution < 1.29 is 17.6 Å². The number of piperazine rings is 1. The fourth-order valence-electron chi connectivity index (χ4n) is 4.15. The normalized spacial score (nSPS) is 24.1. The van der Waals surface area contributed by atoms with E-state index in [1.54, 1.807) is 0 Å². The van der Waals surface area contributed by atoms with E-state index >= 15 is 0 Å². The second kappa shape index (κ2) is 9.29. The molecule has 1 amide bonds. The molecule has 0 aromatic heterocycles. The summed E-state index contributed by atoms with van der Waals surface area (Å²) < 4.78 is 41.6. The Morgan fingerprint density at radius 2 is 1.76 bits per heavy atom. The van der Waals surface area contributed by atoms with Gasteiger partial charge in [-0.05, 0) is 57.7 Å². The summed E-state index contributed by atoms with van der Waals surface area (Å²) >= 11 is 5.70. The van der Waals surface area contributed by atoms with Crippen molar-refractivity contribution >= 4 is 27.5 Å². The zero-order valence-electron chi connectivity index (χ0n) is 16.9. The first-order valence-electron chi connectivity index (χ1n) is 10.2. The van der Waals surface area contributed by atoms with Crippen molar-refractivity contribution in [2.45, 2.75) is 56.5 Å². The average molecular weight is 446 g/mol. The predicted molar refractivity (Wildman–Crippen MR) is 111 cm³/mol. The van der Waals surface area contributed by atoms with Crippen molar-refractivity contribution in [1.29, 1.82) is 0 Å². The molecule has 0 atom stereocenters. The molecule has 2 aliphatic rings. The maximum absolute atomic E-state index is 14.0. The molecule has 1 N–H and O–H groups in total. The summed E-state index contributed by atoms with van der Waals surface area (Å²) in [5.41, 5.74) is 0. The lowest BCUT2D eigenvalue weighted by Crippen LogP contribution is -2.52. The number of sulfonamides is 1. The second-order valence-corrected chi connectivity index (χ2v) is 10.3. The molecule has 2 fully saturated rings. The third-order valence-electron chi connectivity index (χ3n) is 5.94. The Morgan fingerprint density at radius 3 is 2.31 bits per heavy atom. The van der Waals surface area contributed by atoms with Crippen molar-refractivity contribution in [3.63, 3.8) is 0 Å². The number of nitrogens with zero attached hydrogens (tertiary/aromatic N) is 2. The quantitative estimate of drug-likeness (QED) is 0.756. The van der Waals surface area contributed by atoms with E-state index in [0.717, 1.165) is 32.2 Å². The largest absolute Gasteiger partial charge is 0.340 e. The molecule has 6 nitrogen and oxygen atoms in total. The van der Waals surface area contributed by atoms with E-state index in [4.69, 9.17) is 11.6 Å². The Balaban J connectivity index is 1.52. The third-order valence-corrected chi connectivity index (χ3v) is 7.73. The highest BCUT2D eigenvalue weighted by Gasteiger charge is 2.33. The Labute approximate surface area is 177 Å². The highest BCUT2D eigenvalue weighted by atomic mass is 35.5. The molecule has 1 aliphatic carbocycles. The van der Waals surface area contributed by atoms with Gasteiger partial charge in [0.25, 0.3) is 0 Å². The first-order chi connectivity index (χ1) is 13.7. The Hall–Kier alpha value is -1.22. The van der Waals surface area contributed by atoms with Gasteiger partial charge in [-0.25, -0.2) is 17.5 Å². The highest BCUT2D eigenvalue weighted by Crippen LogP contribution is 2.28. The fourth-order valence-corrected chi connectivity index (χ4v) is 5.67. The number of halogens is 2. The predicted octanol–water partition coefficient (Wildman–Crippen LogP) is 2.87. The van der Waals surface area contributed by atoms with Crippen LogP contribution in [0.1, 0.15) is 39.5 Å². The van der Waals surface area contributed by atoms with Crippen LogP contribution in [0.2, 0.25) is 5.02 Å². The number of benzene rings is 1. The van der Waals surface area contributed by atoms with E-state index < -0.39 is 20.7 Å². The molecule has 1 aromatic rings. The Morgan fingerprint density at radius 1 is 1.14 bits per heavy atom. The van der Waals surface area contributed by atoms with E-state index in [9.17, 15) is 17.6 Å². The van der Waals surface area contributed by atoms with Gasteiger partial charge in [-0.3, -0.25) is 9.69 Å². The van der Waals surface area contributed by atoms with Crippen LogP contribution in [-0.2, 0) is 14.8 Å². The summed E-state index contributed by atoms with van der Waals surface area (Å²) in [4.78, 5) is 16.7. The van der Waals surface area contributed by atoms with Gasteiger partial charge in [0, 0.05) is 49.2 Å². The zero-order chi connectivity index (χ0) is 21.2. The summed E-state index contributed by atoms with van der Waals surface area (Å²) in [6, 6.07) is 3.71. The molecule has 1 saturated heterocycles. The molecule has 0 bridgehead atoms. The van der Waals surface area contributed by atoms with Crippen LogP contribution in [0.25, 0.3) is 0 Å². The first-order valence-corrected chi connectivity index (χ1v) is 12.0. The van der Waals surface area contributed by atoms with Gasteiger partial charge in [0.1, 0.15) is 10.7 Å². The van der Waals surface area contributed by atoms with Gasteiger partial charge in [-0.2, -0.15) is 0 Å². The first kappa shape index (κ1) is 22.5. The number of rotatable bonds is 5. The lowest BCUT2D eigenvalue weighted by Gasteiger charge is -2.39. The summed E-state index contributed by atoms with van der Waals surface area (Å²) in [5, 5.41) is 0.148. The molecule has 1 saturated carbocycles. The van der Waals surface area contributed by atoms with Crippen molar-refractivity contribution in [3.05, 3.63) is 29.0 Å². The van der Waals surface area contributed by atoms with Crippen LogP contribution in [0.15, 0.2) is 23.1 Å². The van der Waals surface area contributed by atoms with E-state index in [2.05, 4.69) is 23.5 Å². The lowest BCUT2D eigenvalue weighted by atomic mass is 9.85. The lowest BCUT2D eigenvalue weighted by molar-refractivity contribution is -0.138. The molecule has 9 heteroatoms. The minimum absolute atomic E-state index is 0.0615. The van der Waals surface area contributed by atoms with Crippen LogP contribution in [0.5, 0.6) is 0 Å². The number of hydrogen-bond donors (Lipinski definition) is 1. The summed E-state index contributed by atoms with van der Waals surface area (Å²) in [5.74, 6) is -0.749. The number of carbonyl (C=O) groups excluding carboxylic acids is 1. The Kier molecular flexibility index (Phi) is 7.19. The van der Waals surface area contributed by atoms with Crippen LogP contribution in [0.3, 0.4) is 0 Å². The van der Waals surface area contributed by atoms with Gasteiger partial charge in [-0.15, -0.1) is 0 Å². The number of hydrogen-bond acceptors (Lipinski definition) is 4. The number of amides is 1. The van der Waals surface area contributed by atoms with Gasteiger partial charge in [0.05, 0.1) is 0 Å². The molecule has 1 heterocycles. The standard InChI is InChI=1S/C20H29ClFN3O3S/c1-14(2)24-9-11-25(12-10-24)20(26)15-3-6-17(7-4-15)23-29(27,28)19-8-5-16(21)13-18(19)22/h5,8,13-15,17,23H,3-4,6-7,9-12H2,1-2H3/t15-,17+.